The monoisotopic (exact) mass is 345 g/mol. The van der Waals surface area contributed by atoms with E-state index in [0.717, 1.165) is 11.1 Å². The molecule has 0 fully saturated rings. The van der Waals surface area contributed by atoms with Crippen LogP contribution in [0.3, 0.4) is 0 Å². The molecule has 0 aliphatic rings. The summed E-state index contributed by atoms with van der Waals surface area (Å²) >= 11 is 5.82. The first-order chi connectivity index (χ1) is 11.5. The maximum atomic E-state index is 14.1. The number of aromatic nitrogens is 1. The number of hydrogen-bond donors (Lipinski definition) is 1. The van der Waals surface area contributed by atoms with Crippen LogP contribution < -0.4 is 5.43 Å². The van der Waals surface area contributed by atoms with Gasteiger partial charge in [-0.05, 0) is 36.2 Å². The highest BCUT2D eigenvalue weighted by Crippen LogP contribution is 2.23. The summed E-state index contributed by atoms with van der Waals surface area (Å²) in [7, 11) is 0. The van der Waals surface area contributed by atoms with Gasteiger partial charge < -0.3 is 9.67 Å². The number of hydrogen-bond acceptors (Lipinski definition) is 2. The van der Waals surface area contributed by atoms with Crippen LogP contribution in [0.1, 0.15) is 24.1 Å². The van der Waals surface area contributed by atoms with Crippen molar-refractivity contribution in [2.75, 3.05) is 6.61 Å². The minimum absolute atomic E-state index is 0.0204. The summed E-state index contributed by atoms with van der Waals surface area (Å²) in [5.74, 6) is -0.432. The van der Waals surface area contributed by atoms with Crippen molar-refractivity contribution in [3.8, 4) is 0 Å². The molecule has 0 saturated heterocycles. The molecule has 3 aromatic rings. The lowest BCUT2D eigenvalue weighted by molar-refractivity contribution is 0.241. The molecule has 0 amide bonds. The molecular formula is C19H17ClFNO2. The third-order valence-corrected chi connectivity index (χ3v) is 4.45. The first kappa shape index (κ1) is 16.7. The van der Waals surface area contributed by atoms with Crippen LogP contribution in [0.4, 0.5) is 4.39 Å². The van der Waals surface area contributed by atoms with Gasteiger partial charge in [-0.1, -0.05) is 29.8 Å². The standard InChI is InChI=1S/C19H17ClFNO2/c1-12(11-23)22-8-7-18(24)15-10-13(5-6-17(15)22)9-14-3-2-4-16(20)19(14)21/h2-8,10,12,23H,9,11H2,1H3/t12-/m0/s1. The van der Waals surface area contributed by atoms with Crippen molar-refractivity contribution in [3.05, 3.63) is 80.9 Å². The van der Waals surface area contributed by atoms with Crippen LogP contribution in [-0.4, -0.2) is 16.3 Å². The zero-order chi connectivity index (χ0) is 17.3. The van der Waals surface area contributed by atoms with Crippen LogP contribution in [-0.2, 0) is 6.42 Å². The molecule has 2 aromatic carbocycles. The molecule has 1 N–H and O–H groups in total. The number of fused-ring (bicyclic) bond motifs is 1. The molecule has 0 spiro atoms. The van der Waals surface area contributed by atoms with E-state index in [4.69, 9.17) is 11.6 Å². The summed E-state index contributed by atoms with van der Waals surface area (Å²) in [5.41, 5.74) is 1.97. The Balaban J connectivity index is 2.07. The van der Waals surface area contributed by atoms with Crippen LogP contribution in [0, 0.1) is 5.82 Å². The Hall–Kier alpha value is -2.17. The van der Waals surface area contributed by atoms with Gasteiger partial charge in [-0.3, -0.25) is 4.79 Å². The van der Waals surface area contributed by atoms with Gasteiger partial charge in [-0.15, -0.1) is 0 Å². The smallest absolute Gasteiger partial charge is 0.189 e. The molecule has 1 atom stereocenters. The Morgan fingerprint density at radius 3 is 2.79 bits per heavy atom. The predicted molar refractivity (Wildman–Crippen MR) is 94.2 cm³/mol. The van der Waals surface area contributed by atoms with Gasteiger partial charge in [0.2, 0.25) is 0 Å². The van der Waals surface area contributed by atoms with Crippen molar-refractivity contribution in [2.45, 2.75) is 19.4 Å². The zero-order valence-corrected chi connectivity index (χ0v) is 13.9. The van der Waals surface area contributed by atoms with E-state index < -0.39 is 5.82 Å². The van der Waals surface area contributed by atoms with Gasteiger partial charge >= 0.3 is 0 Å². The van der Waals surface area contributed by atoms with E-state index in [1.54, 1.807) is 24.4 Å². The Labute approximate surface area is 143 Å². The van der Waals surface area contributed by atoms with Crippen molar-refractivity contribution in [1.82, 2.24) is 4.57 Å². The SMILES string of the molecule is C[C@@H](CO)n1ccc(=O)c2cc(Cc3cccc(Cl)c3F)ccc21. The van der Waals surface area contributed by atoms with Gasteiger partial charge in [0, 0.05) is 24.1 Å². The second kappa shape index (κ2) is 6.75. The second-order valence-corrected chi connectivity index (χ2v) is 6.27. The van der Waals surface area contributed by atoms with Crippen LogP contribution in [0.15, 0.2) is 53.5 Å². The fourth-order valence-corrected chi connectivity index (χ4v) is 3.01. The third-order valence-electron chi connectivity index (χ3n) is 4.16. The number of benzene rings is 2. The summed E-state index contributed by atoms with van der Waals surface area (Å²) in [6.07, 6.45) is 2.04. The second-order valence-electron chi connectivity index (χ2n) is 5.86. The predicted octanol–water partition coefficient (Wildman–Crippen LogP) is 3.94. The number of halogens is 2. The molecule has 0 aliphatic heterocycles. The van der Waals surface area contributed by atoms with Gasteiger partial charge in [0.15, 0.2) is 5.43 Å². The molecule has 0 radical (unpaired) electrons. The highest BCUT2D eigenvalue weighted by atomic mass is 35.5. The highest BCUT2D eigenvalue weighted by Gasteiger charge is 2.11. The Morgan fingerprint density at radius 1 is 1.25 bits per heavy atom. The summed E-state index contributed by atoms with van der Waals surface area (Å²) < 4.78 is 15.9. The summed E-state index contributed by atoms with van der Waals surface area (Å²) in [6, 6.07) is 11.7. The van der Waals surface area contributed by atoms with Crippen LogP contribution >= 0.6 is 11.6 Å². The van der Waals surface area contributed by atoms with Gasteiger partial charge in [-0.25, -0.2) is 4.39 Å². The lowest BCUT2D eigenvalue weighted by Crippen LogP contribution is -2.14. The van der Waals surface area contributed by atoms with Gasteiger partial charge in [0.25, 0.3) is 0 Å². The number of rotatable bonds is 4. The van der Waals surface area contributed by atoms with E-state index in [2.05, 4.69) is 0 Å². The average molecular weight is 346 g/mol. The first-order valence-corrected chi connectivity index (χ1v) is 8.06. The van der Waals surface area contributed by atoms with E-state index >= 15 is 0 Å². The maximum Gasteiger partial charge on any atom is 0.189 e. The van der Waals surface area contributed by atoms with Crippen molar-refractivity contribution in [2.24, 2.45) is 0 Å². The average Bonchev–Trinajstić information content (AvgIpc) is 2.59. The van der Waals surface area contributed by atoms with Crippen LogP contribution in [0.2, 0.25) is 5.02 Å². The molecule has 24 heavy (non-hydrogen) atoms. The summed E-state index contributed by atoms with van der Waals surface area (Å²) in [5, 5.41) is 10.0. The molecular weight excluding hydrogens is 329 g/mol. The normalized spacial score (nSPS) is 12.5. The Bertz CT molecular complexity index is 952. The van der Waals surface area contributed by atoms with Crippen LogP contribution in [0.5, 0.6) is 0 Å². The number of aliphatic hydroxyl groups excluding tert-OH is 1. The molecule has 124 valence electrons. The number of pyridine rings is 1. The Kier molecular flexibility index (Phi) is 4.69. The minimum atomic E-state index is -0.432. The van der Waals surface area contributed by atoms with Gasteiger partial charge in [0.1, 0.15) is 5.82 Å². The molecule has 0 unspecified atom stereocenters. The summed E-state index contributed by atoms with van der Waals surface area (Å²) in [4.78, 5) is 12.2. The quantitative estimate of drug-likeness (QED) is 0.778. The summed E-state index contributed by atoms with van der Waals surface area (Å²) in [6.45, 7) is 1.85. The molecule has 0 aliphatic carbocycles. The van der Waals surface area contributed by atoms with Gasteiger partial charge in [0.05, 0.1) is 23.2 Å². The zero-order valence-electron chi connectivity index (χ0n) is 13.2. The fourth-order valence-electron chi connectivity index (χ4n) is 2.81. The van der Waals surface area contributed by atoms with E-state index in [9.17, 15) is 14.3 Å². The van der Waals surface area contributed by atoms with E-state index in [-0.39, 0.29) is 23.1 Å². The molecule has 1 heterocycles. The maximum absolute atomic E-state index is 14.1. The van der Waals surface area contributed by atoms with Crippen molar-refractivity contribution in [1.29, 1.82) is 0 Å². The van der Waals surface area contributed by atoms with E-state index in [1.165, 1.54) is 12.1 Å². The van der Waals surface area contributed by atoms with Crippen molar-refractivity contribution < 1.29 is 9.50 Å². The van der Waals surface area contributed by atoms with E-state index in [1.807, 2.05) is 23.6 Å². The third kappa shape index (κ3) is 3.07. The van der Waals surface area contributed by atoms with Crippen molar-refractivity contribution >= 4 is 22.5 Å². The fraction of sp³-hybridized carbons (Fsp3) is 0.211. The highest BCUT2D eigenvalue weighted by molar-refractivity contribution is 6.30. The molecule has 5 heteroatoms. The minimum Gasteiger partial charge on any atom is -0.394 e. The topological polar surface area (TPSA) is 42.2 Å². The molecule has 3 nitrogen and oxygen atoms in total. The van der Waals surface area contributed by atoms with Crippen LogP contribution in [0.25, 0.3) is 10.9 Å². The lowest BCUT2D eigenvalue weighted by atomic mass is 10.0. The molecule has 1 aromatic heterocycles. The number of nitrogens with zero attached hydrogens (tertiary/aromatic N) is 1. The number of aliphatic hydroxyl groups is 1. The molecule has 3 rings (SSSR count). The first-order valence-electron chi connectivity index (χ1n) is 7.69. The molecule has 0 saturated carbocycles. The Morgan fingerprint density at radius 2 is 2.04 bits per heavy atom. The van der Waals surface area contributed by atoms with Crippen molar-refractivity contribution in [3.63, 3.8) is 0 Å². The largest absolute Gasteiger partial charge is 0.394 e. The van der Waals surface area contributed by atoms with E-state index in [0.29, 0.717) is 17.4 Å². The van der Waals surface area contributed by atoms with Gasteiger partial charge in [-0.2, -0.15) is 0 Å². The molecule has 0 bridgehead atoms. The lowest BCUT2D eigenvalue weighted by Gasteiger charge is -2.17.